The molecule has 1 aliphatic carbocycles. The van der Waals surface area contributed by atoms with E-state index in [1.807, 2.05) is 13.8 Å². The SMILES string of the molecule is Cc1nc(C2CC2)nc2sc(C(=O)Nc3ccc(NS(=O)(=O)c4ccc(F)cc4)cc3)c(C)c12. The molecular weight excluding hydrogens is 475 g/mol. The fourth-order valence-corrected chi connectivity index (χ4v) is 5.93. The molecule has 0 aliphatic heterocycles. The molecule has 34 heavy (non-hydrogen) atoms. The van der Waals surface area contributed by atoms with Crippen molar-refractivity contribution in [2.45, 2.75) is 37.5 Å². The van der Waals surface area contributed by atoms with Gasteiger partial charge in [0.1, 0.15) is 16.5 Å². The number of hydrogen-bond donors (Lipinski definition) is 2. The lowest BCUT2D eigenvalue weighted by molar-refractivity contribution is 0.103. The number of sulfonamides is 1. The van der Waals surface area contributed by atoms with Crippen molar-refractivity contribution in [1.82, 2.24) is 9.97 Å². The lowest BCUT2D eigenvalue weighted by atomic mass is 10.1. The molecule has 0 spiro atoms. The smallest absolute Gasteiger partial charge is 0.266 e. The number of aryl methyl sites for hydroxylation is 2. The third kappa shape index (κ3) is 4.38. The fourth-order valence-electron chi connectivity index (χ4n) is 3.74. The number of aromatic nitrogens is 2. The van der Waals surface area contributed by atoms with Crippen LogP contribution in [0.2, 0.25) is 0 Å². The summed E-state index contributed by atoms with van der Waals surface area (Å²) in [5, 5.41) is 3.78. The third-order valence-electron chi connectivity index (χ3n) is 5.66. The molecule has 10 heteroatoms. The molecule has 0 saturated heterocycles. The summed E-state index contributed by atoms with van der Waals surface area (Å²) in [7, 11) is -3.85. The minimum absolute atomic E-state index is 0.0465. The molecule has 0 radical (unpaired) electrons. The van der Waals surface area contributed by atoms with E-state index in [0.29, 0.717) is 22.2 Å². The molecule has 1 aliphatic rings. The van der Waals surface area contributed by atoms with Gasteiger partial charge in [-0.25, -0.2) is 22.8 Å². The molecule has 2 N–H and O–H groups in total. The van der Waals surface area contributed by atoms with Gasteiger partial charge in [-0.3, -0.25) is 9.52 Å². The van der Waals surface area contributed by atoms with E-state index in [4.69, 9.17) is 0 Å². The summed E-state index contributed by atoms with van der Waals surface area (Å²) in [5.41, 5.74) is 2.57. The molecule has 0 unspecified atom stereocenters. The van der Waals surface area contributed by atoms with Crippen molar-refractivity contribution >= 4 is 48.9 Å². The number of thiophene rings is 1. The summed E-state index contributed by atoms with van der Waals surface area (Å²) in [5.74, 6) is 0.518. The Morgan fingerprint density at radius 2 is 1.65 bits per heavy atom. The second kappa shape index (κ2) is 8.44. The highest BCUT2D eigenvalue weighted by atomic mass is 32.2. The second-order valence-electron chi connectivity index (χ2n) is 8.27. The van der Waals surface area contributed by atoms with Crippen LogP contribution in [0.1, 0.15) is 45.5 Å². The van der Waals surface area contributed by atoms with Gasteiger partial charge in [0.05, 0.1) is 15.5 Å². The zero-order chi connectivity index (χ0) is 24.0. The summed E-state index contributed by atoms with van der Waals surface area (Å²) in [6.07, 6.45) is 2.22. The van der Waals surface area contributed by atoms with Gasteiger partial charge in [0.15, 0.2) is 0 Å². The number of nitrogens with zero attached hydrogens (tertiary/aromatic N) is 2. The van der Waals surface area contributed by atoms with Crippen molar-refractivity contribution in [3.05, 3.63) is 76.3 Å². The standard InChI is InChI=1S/C24H21FN4O3S2/c1-13-20-14(2)26-22(15-3-4-15)28-24(20)33-21(13)23(30)27-17-7-9-18(10-8-17)29-34(31,32)19-11-5-16(25)6-12-19/h5-12,15,29H,3-4H2,1-2H3,(H,27,30). The molecule has 7 nitrogen and oxygen atoms in total. The summed E-state index contributed by atoms with van der Waals surface area (Å²) < 4.78 is 40.5. The Balaban J connectivity index is 1.32. The van der Waals surface area contributed by atoms with Crippen LogP contribution < -0.4 is 10.0 Å². The molecule has 174 valence electrons. The average molecular weight is 497 g/mol. The molecule has 5 rings (SSSR count). The fraction of sp³-hybridized carbons (Fsp3) is 0.208. The van der Waals surface area contributed by atoms with Gasteiger partial charge in [-0.15, -0.1) is 11.3 Å². The van der Waals surface area contributed by atoms with Gasteiger partial charge < -0.3 is 5.32 Å². The van der Waals surface area contributed by atoms with Crippen LogP contribution in [0.5, 0.6) is 0 Å². The van der Waals surface area contributed by atoms with Crippen molar-refractivity contribution in [3.8, 4) is 0 Å². The van der Waals surface area contributed by atoms with Gasteiger partial charge in [-0.1, -0.05) is 0 Å². The van der Waals surface area contributed by atoms with Gasteiger partial charge in [0.2, 0.25) is 0 Å². The van der Waals surface area contributed by atoms with E-state index in [1.165, 1.54) is 23.5 Å². The Morgan fingerprint density at radius 3 is 2.29 bits per heavy atom. The van der Waals surface area contributed by atoms with Crippen LogP contribution in [-0.2, 0) is 10.0 Å². The summed E-state index contributed by atoms with van der Waals surface area (Å²) in [6.45, 7) is 3.84. The maximum absolute atomic E-state index is 13.1. The topological polar surface area (TPSA) is 101 Å². The van der Waals surface area contributed by atoms with E-state index < -0.39 is 15.8 Å². The highest BCUT2D eigenvalue weighted by Crippen LogP contribution is 2.40. The second-order valence-corrected chi connectivity index (χ2v) is 11.0. The largest absolute Gasteiger partial charge is 0.321 e. The first-order chi connectivity index (χ1) is 16.2. The molecule has 1 saturated carbocycles. The van der Waals surface area contributed by atoms with Crippen LogP contribution >= 0.6 is 11.3 Å². The van der Waals surface area contributed by atoms with Gasteiger partial charge in [0.25, 0.3) is 15.9 Å². The highest BCUT2D eigenvalue weighted by Gasteiger charge is 2.28. The van der Waals surface area contributed by atoms with Crippen molar-refractivity contribution in [1.29, 1.82) is 0 Å². The maximum Gasteiger partial charge on any atom is 0.266 e. The number of nitrogens with one attached hydrogen (secondary N) is 2. The number of hydrogen-bond acceptors (Lipinski definition) is 6. The first kappa shape index (κ1) is 22.4. The van der Waals surface area contributed by atoms with Crippen molar-refractivity contribution in [3.63, 3.8) is 0 Å². The van der Waals surface area contributed by atoms with Crippen molar-refractivity contribution < 1.29 is 17.6 Å². The van der Waals surface area contributed by atoms with Gasteiger partial charge in [-0.05, 0) is 80.8 Å². The van der Waals surface area contributed by atoms with Crippen LogP contribution in [0.25, 0.3) is 10.2 Å². The van der Waals surface area contributed by atoms with E-state index in [9.17, 15) is 17.6 Å². The number of carbonyl (C=O) groups excluding carboxylic acids is 1. The van der Waals surface area contributed by atoms with Gasteiger partial charge >= 0.3 is 0 Å². The number of benzene rings is 2. The van der Waals surface area contributed by atoms with E-state index in [2.05, 4.69) is 20.0 Å². The molecule has 4 aromatic rings. The van der Waals surface area contributed by atoms with Gasteiger partial charge in [-0.2, -0.15) is 0 Å². The molecule has 0 bridgehead atoms. The van der Waals surface area contributed by atoms with E-state index in [-0.39, 0.29) is 10.8 Å². The van der Waals surface area contributed by atoms with E-state index in [0.717, 1.165) is 52.3 Å². The van der Waals surface area contributed by atoms with Crippen LogP contribution in [0.3, 0.4) is 0 Å². The van der Waals surface area contributed by atoms with Gasteiger partial charge in [0, 0.05) is 22.7 Å². The number of fused-ring (bicyclic) bond motifs is 1. The number of amides is 1. The lowest BCUT2D eigenvalue weighted by Crippen LogP contribution is -2.13. The Hall–Kier alpha value is -3.37. The predicted molar refractivity (Wildman–Crippen MR) is 130 cm³/mol. The van der Waals surface area contributed by atoms with Crippen LogP contribution in [0.15, 0.2) is 53.4 Å². The van der Waals surface area contributed by atoms with Crippen LogP contribution in [-0.4, -0.2) is 24.3 Å². The molecule has 0 atom stereocenters. The molecule has 2 heterocycles. The minimum Gasteiger partial charge on any atom is -0.321 e. The molecule has 2 aromatic heterocycles. The number of halogens is 1. The quantitative estimate of drug-likeness (QED) is 0.373. The summed E-state index contributed by atoms with van der Waals surface area (Å²) in [6, 6.07) is 10.9. The van der Waals surface area contributed by atoms with Crippen molar-refractivity contribution in [2.24, 2.45) is 0 Å². The summed E-state index contributed by atoms with van der Waals surface area (Å²) in [4.78, 5) is 23.6. The molecular formula is C24H21FN4O3S2. The Labute approximate surface area is 200 Å². The van der Waals surface area contributed by atoms with E-state index >= 15 is 0 Å². The number of carbonyl (C=O) groups is 1. The lowest BCUT2D eigenvalue weighted by Gasteiger charge is -2.09. The van der Waals surface area contributed by atoms with E-state index in [1.54, 1.807) is 24.3 Å². The minimum atomic E-state index is -3.85. The first-order valence-electron chi connectivity index (χ1n) is 10.7. The Morgan fingerprint density at radius 1 is 1.00 bits per heavy atom. The molecule has 1 fully saturated rings. The maximum atomic E-state index is 13.1. The third-order valence-corrected chi connectivity index (χ3v) is 8.24. The monoisotopic (exact) mass is 496 g/mol. The average Bonchev–Trinajstić information content (AvgIpc) is 3.58. The highest BCUT2D eigenvalue weighted by molar-refractivity contribution is 7.92. The van der Waals surface area contributed by atoms with Crippen LogP contribution in [0.4, 0.5) is 15.8 Å². The number of rotatable bonds is 6. The summed E-state index contributed by atoms with van der Waals surface area (Å²) >= 11 is 1.35. The predicted octanol–water partition coefficient (Wildman–Crippen LogP) is 5.38. The Kier molecular flexibility index (Phi) is 5.57. The Bertz CT molecular complexity index is 1510. The van der Waals surface area contributed by atoms with Crippen molar-refractivity contribution in [2.75, 3.05) is 10.0 Å². The first-order valence-corrected chi connectivity index (χ1v) is 13.0. The zero-order valence-electron chi connectivity index (χ0n) is 18.4. The molecule has 2 aromatic carbocycles. The molecule has 1 amide bonds. The normalized spacial score (nSPS) is 13.7. The zero-order valence-corrected chi connectivity index (χ0v) is 20.1. The van der Waals surface area contributed by atoms with Crippen LogP contribution in [0, 0.1) is 19.7 Å². The number of anilines is 2.